The van der Waals surface area contributed by atoms with Gasteiger partial charge >= 0.3 is 5.97 Å². The van der Waals surface area contributed by atoms with Crippen LogP contribution in [0.25, 0.3) is 6.08 Å². The molecule has 0 spiro atoms. The van der Waals surface area contributed by atoms with E-state index < -0.39 is 5.97 Å². The lowest BCUT2D eigenvalue weighted by atomic mass is 9.80. The van der Waals surface area contributed by atoms with Gasteiger partial charge in [0.25, 0.3) is 0 Å². The lowest BCUT2D eigenvalue weighted by Gasteiger charge is -2.27. The number of aliphatic carboxylic acids is 1. The highest BCUT2D eigenvalue weighted by atomic mass is 16.4. The van der Waals surface area contributed by atoms with Crippen molar-refractivity contribution in [3.63, 3.8) is 0 Å². The second-order valence-corrected chi connectivity index (χ2v) is 5.94. The topological polar surface area (TPSA) is 66.4 Å². The molecular weight excluding hydrogens is 326 g/mol. The van der Waals surface area contributed by atoms with Crippen LogP contribution in [0.5, 0.6) is 0 Å². The molecule has 4 heteroatoms. The summed E-state index contributed by atoms with van der Waals surface area (Å²) in [6.07, 6.45) is 11.6. The number of hydrogen-bond donors (Lipinski definition) is 2. The number of nitrogens with one attached hydrogen (secondary N) is 1. The Morgan fingerprint density at radius 1 is 1.19 bits per heavy atom. The Morgan fingerprint density at radius 2 is 1.73 bits per heavy atom. The van der Waals surface area contributed by atoms with Gasteiger partial charge in [-0.15, -0.1) is 12.3 Å². The molecule has 1 amide bonds. The van der Waals surface area contributed by atoms with Gasteiger partial charge in [0.05, 0.1) is 0 Å². The fraction of sp³-hybridized carbons (Fsp3) is 0.455. The number of rotatable bonds is 4. The standard InChI is InChI=1S/C17H21NO3.C3H4.C2H6/c1-12-4-2-3-5-15(12)17(21)18-14-9-6-13(7-10-14)8-11-16(19)20;1-3-2;1-2/h6-12,15H,2-5H2,1H3,(H,18,21)(H,19,20);1H,2H3;1-2H3/b11-8+;;. The van der Waals surface area contributed by atoms with Crippen LogP contribution in [0, 0.1) is 24.2 Å². The molecule has 0 aromatic heterocycles. The average Bonchev–Trinajstić information content (AvgIpc) is 2.64. The molecule has 2 unspecified atom stereocenters. The van der Waals surface area contributed by atoms with Crippen molar-refractivity contribution >= 4 is 23.6 Å². The highest BCUT2D eigenvalue weighted by Crippen LogP contribution is 2.30. The van der Waals surface area contributed by atoms with Crippen molar-refractivity contribution in [3.8, 4) is 12.3 Å². The van der Waals surface area contributed by atoms with Gasteiger partial charge < -0.3 is 10.4 Å². The molecule has 1 saturated carbocycles. The summed E-state index contributed by atoms with van der Waals surface area (Å²) in [4.78, 5) is 22.7. The van der Waals surface area contributed by atoms with Crippen molar-refractivity contribution in [1.82, 2.24) is 0 Å². The van der Waals surface area contributed by atoms with Crippen LogP contribution in [0.4, 0.5) is 5.69 Å². The zero-order valence-corrected chi connectivity index (χ0v) is 16.3. The lowest BCUT2D eigenvalue weighted by molar-refractivity contribution is -0.131. The van der Waals surface area contributed by atoms with Crippen LogP contribution < -0.4 is 5.32 Å². The summed E-state index contributed by atoms with van der Waals surface area (Å²) in [6.45, 7) is 7.79. The Bertz CT molecular complexity index is 611. The number of hydrogen-bond acceptors (Lipinski definition) is 2. The van der Waals surface area contributed by atoms with E-state index >= 15 is 0 Å². The predicted molar refractivity (Wildman–Crippen MR) is 109 cm³/mol. The zero-order chi connectivity index (χ0) is 19.9. The number of carboxylic acids is 1. The number of amides is 1. The second kappa shape index (κ2) is 13.7. The molecule has 2 atom stereocenters. The second-order valence-electron chi connectivity index (χ2n) is 5.94. The Kier molecular flexibility index (Phi) is 12.4. The van der Waals surface area contributed by atoms with Gasteiger partial charge in [0.1, 0.15) is 0 Å². The third-order valence-corrected chi connectivity index (χ3v) is 4.04. The van der Waals surface area contributed by atoms with Crippen molar-refractivity contribution in [3.05, 3.63) is 35.9 Å². The van der Waals surface area contributed by atoms with Crippen molar-refractivity contribution in [2.75, 3.05) is 5.32 Å². The molecule has 0 bridgehead atoms. The molecule has 4 nitrogen and oxygen atoms in total. The summed E-state index contributed by atoms with van der Waals surface area (Å²) in [5, 5.41) is 11.5. The fourth-order valence-corrected chi connectivity index (χ4v) is 2.79. The van der Waals surface area contributed by atoms with Gasteiger partial charge in [0.15, 0.2) is 0 Å². The van der Waals surface area contributed by atoms with Crippen LogP contribution in [0.15, 0.2) is 30.3 Å². The number of carbonyl (C=O) groups is 2. The van der Waals surface area contributed by atoms with Gasteiger partial charge in [-0.1, -0.05) is 45.7 Å². The van der Waals surface area contributed by atoms with E-state index in [0.29, 0.717) is 5.92 Å². The van der Waals surface area contributed by atoms with E-state index in [9.17, 15) is 9.59 Å². The quantitative estimate of drug-likeness (QED) is 0.574. The largest absolute Gasteiger partial charge is 0.478 e. The van der Waals surface area contributed by atoms with Crippen LogP contribution in [0.1, 0.15) is 58.9 Å². The first kappa shape index (κ1) is 23.5. The number of carboxylic acid groups (broad SMARTS) is 1. The first-order valence-electron chi connectivity index (χ1n) is 9.17. The Morgan fingerprint density at radius 3 is 2.23 bits per heavy atom. The van der Waals surface area contributed by atoms with Crippen LogP contribution in [-0.4, -0.2) is 17.0 Å². The highest BCUT2D eigenvalue weighted by Gasteiger charge is 2.27. The molecule has 2 rings (SSSR count). The smallest absolute Gasteiger partial charge is 0.328 e. The molecule has 1 aromatic rings. The van der Waals surface area contributed by atoms with Gasteiger partial charge in [-0.2, -0.15) is 0 Å². The summed E-state index contributed by atoms with van der Waals surface area (Å²) in [5.41, 5.74) is 1.55. The van der Waals surface area contributed by atoms with E-state index in [1.54, 1.807) is 31.2 Å². The van der Waals surface area contributed by atoms with E-state index in [1.165, 1.54) is 12.5 Å². The number of terminal acetylenes is 1. The van der Waals surface area contributed by atoms with E-state index in [2.05, 4.69) is 24.6 Å². The van der Waals surface area contributed by atoms with Gasteiger partial charge in [0.2, 0.25) is 5.91 Å². The molecule has 142 valence electrons. The third kappa shape index (κ3) is 9.08. The Hall–Kier alpha value is -2.54. The average molecular weight is 357 g/mol. The van der Waals surface area contributed by atoms with Gasteiger partial charge in [-0.05, 0) is 49.5 Å². The molecular formula is C22H31NO3. The van der Waals surface area contributed by atoms with Crippen molar-refractivity contribution in [2.45, 2.75) is 53.4 Å². The maximum absolute atomic E-state index is 12.3. The summed E-state index contributed by atoms with van der Waals surface area (Å²) < 4.78 is 0. The molecule has 1 aliphatic rings. The van der Waals surface area contributed by atoms with Crippen molar-refractivity contribution in [2.24, 2.45) is 11.8 Å². The number of benzene rings is 1. The normalized spacial score (nSPS) is 18.4. The van der Waals surface area contributed by atoms with Crippen LogP contribution >= 0.6 is 0 Å². The molecule has 0 aliphatic heterocycles. The Balaban J connectivity index is 0.00000113. The van der Waals surface area contributed by atoms with Crippen molar-refractivity contribution < 1.29 is 14.7 Å². The third-order valence-electron chi connectivity index (χ3n) is 4.04. The molecule has 1 aliphatic carbocycles. The summed E-state index contributed by atoms with van der Waals surface area (Å²) in [6, 6.07) is 7.18. The van der Waals surface area contributed by atoms with Crippen molar-refractivity contribution in [1.29, 1.82) is 0 Å². The van der Waals surface area contributed by atoms with Gasteiger partial charge in [0, 0.05) is 17.7 Å². The van der Waals surface area contributed by atoms with E-state index in [4.69, 9.17) is 5.11 Å². The first-order valence-corrected chi connectivity index (χ1v) is 9.17. The zero-order valence-electron chi connectivity index (χ0n) is 16.3. The van der Waals surface area contributed by atoms with Gasteiger partial charge in [-0.3, -0.25) is 4.79 Å². The highest BCUT2D eigenvalue weighted by molar-refractivity contribution is 5.93. The lowest BCUT2D eigenvalue weighted by Crippen LogP contribution is -2.30. The molecule has 0 radical (unpaired) electrons. The minimum atomic E-state index is -0.973. The van der Waals surface area contributed by atoms with Crippen LogP contribution in [0.2, 0.25) is 0 Å². The minimum absolute atomic E-state index is 0.0935. The molecule has 1 fully saturated rings. The van der Waals surface area contributed by atoms with Gasteiger partial charge in [-0.25, -0.2) is 4.79 Å². The summed E-state index contributed by atoms with van der Waals surface area (Å²) >= 11 is 0. The molecule has 1 aromatic carbocycles. The monoisotopic (exact) mass is 357 g/mol. The maximum atomic E-state index is 12.3. The maximum Gasteiger partial charge on any atom is 0.328 e. The van der Waals surface area contributed by atoms with Crippen LogP contribution in [0.3, 0.4) is 0 Å². The number of anilines is 1. The number of carbonyl (C=O) groups excluding carboxylic acids is 1. The Labute approximate surface area is 157 Å². The molecule has 2 N–H and O–H groups in total. The predicted octanol–water partition coefficient (Wildman–Crippen LogP) is 5.21. The van der Waals surface area contributed by atoms with E-state index in [0.717, 1.165) is 36.6 Å². The SMILES string of the molecule is C#CC.CC.CC1CCCCC1C(=O)Nc1ccc(/C=C/C(=O)O)cc1. The van der Waals surface area contributed by atoms with E-state index in [-0.39, 0.29) is 11.8 Å². The van der Waals surface area contributed by atoms with Crippen LogP contribution in [-0.2, 0) is 9.59 Å². The van der Waals surface area contributed by atoms with E-state index in [1.807, 2.05) is 13.8 Å². The fourth-order valence-electron chi connectivity index (χ4n) is 2.79. The minimum Gasteiger partial charge on any atom is -0.478 e. The summed E-state index contributed by atoms with van der Waals surface area (Å²) in [7, 11) is 0. The summed E-state index contributed by atoms with van der Waals surface area (Å²) in [5.74, 6) is 1.91. The molecule has 0 saturated heterocycles. The molecule has 0 heterocycles. The molecule has 26 heavy (non-hydrogen) atoms. The first-order chi connectivity index (χ1) is 12.5.